The van der Waals surface area contributed by atoms with Crippen LogP contribution in [0.15, 0.2) is 91.0 Å². The molecule has 0 nitrogen and oxygen atoms in total. The highest BCUT2D eigenvalue weighted by atomic mass is 79.9. The molecule has 2 heteroatoms. The normalized spacial score (nSPS) is 11.0. The van der Waals surface area contributed by atoms with Crippen LogP contribution in [0.25, 0.3) is 0 Å². The smallest absolute Gasteiger partial charge is 0.0939 e. The highest BCUT2D eigenvalue weighted by Crippen LogP contribution is 2.57. The minimum atomic E-state index is -1.16. The largest absolute Gasteiger partial charge is 1.00 e. The molecule has 0 heterocycles. The summed E-state index contributed by atoms with van der Waals surface area (Å²) < 4.78 is 0. The first-order valence-electron chi connectivity index (χ1n) is 9.32. The molecule has 26 heavy (non-hydrogen) atoms. The molecule has 0 saturated heterocycles. The number of benzene rings is 3. The maximum atomic E-state index is 2.40. The second-order valence-corrected chi connectivity index (χ2v) is 11.0. The summed E-state index contributed by atoms with van der Waals surface area (Å²) in [4.78, 5) is 0. The van der Waals surface area contributed by atoms with Gasteiger partial charge in [-0.1, -0.05) is 78.9 Å². The molecule has 0 N–H and O–H groups in total. The molecule has 0 aliphatic rings. The molecule has 0 fully saturated rings. The molecule has 0 saturated carbocycles. The Bertz CT molecular complexity index is 697. The molecule has 0 atom stereocenters. The van der Waals surface area contributed by atoms with Gasteiger partial charge in [0.05, 0.1) is 23.8 Å². The van der Waals surface area contributed by atoms with Gasteiger partial charge in [-0.2, -0.15) is 0 Å². The van der Waals surface area contributed by atoms with E-state index < -0.39 is 7.26 Å². The molecule has 0 amide bonds. The van der Waals surface area contributed by atoms with Gasteiger partial charge in [-0.25, -0.2) is 0 Å². The third kappa shape index (κ3) is 5.53. The van der Waals surface area contributed by atoms with Crippen molar-refractivity contribution in [2.75, 3.05) is 18.5 Å². The lowest BCUT2D eigenvalue weighted by atomic mass is 10.2. The van der Waals surface area contributed by atoms with Crippen molar-refractivity contribution in [2.24, 2.45) is 0 Å². The minimum absolute atomic E-state index is 0. The van der Waals surface area contributed by atoms with Gasteiger partial charge in [0.2, 0.25) is 0 Å². The van der Waals surface area contributed by atoms with Crippen LogP contribution in [0, 0.1) is 0 Å². The van der Waals surface area contributed by atoms with Gasteiger partial charge < -0.3 is 17.0 Å². The highest BCUT2D eigenvalue weighted by molar-refractivity contribution is 7.82. The standard InChI is InChI=1S/C24H28P.BrH/c1-2-25(24-16-10-5-11-17-24,20-18-22-12-6-3-7-13-22)21-19-23-14-8-4-9-15-23;/h3-17H,2,18-21H2,1H3;1H/q+1;/p-1. The van der Waals surface area contributed by atoms with Crippen molar-refractivity contribution in [3.05, 3.63) is 102 Å². The van der Waals surface area contributed by atoms with E-state index in [1.54, 1.807) is 5.30 Å². The fraction of sp³-hybridized carbons (Fsp3) is 0.250. The molecule has 0 aliphatic heterocycles. The molecule has 0 aliphatic carbocycles. The van der Waals surface area contributed by atoms with E-state index in [1.165, 1.54) is 42.5 Å². The van der Waals surface area contributed by atoms with Gasteiger partial charge in [0, 0.05) is 20.1 Å². The van der Waals surface area contributed by atoms with E-state index in [0.717, 1.165) is 0 Å². The lowest BCUT2D eigenvalue weighted by Crippen LogP contribution is -3.00. The Balaban J connectivity index is 0.00000243. The monoisotopic (exact) mass is 426 g/mol. The molecule has 0 aromatic heterocycles. The molecular weight excluding hydrogens is 399 g/mol. The van der Waals surface area contributed by atoms with E-state index >= 15 is 0 Å². The minimum Gasteiger partial charge on any atom is -1.00 e. The lowest BCUT2D eigenvalue weighted by Gasteiger charge is -2.27. The number of hydrogen-bond donors (Lipinski definition) is 0. The number of halogens is 1. The average molecular weight is 427 g/mol. The van der Waals surface area contributed by atoms with Crippen LogP contribution in [-0.2, 0) is 12.8 Å². The summed E-state index contributed by atoms with van der Waals surface area (Å²) >= 11 is 0. The van der Waals surface area contributed by atoms with Crippen LogP contribution in [0.4, 0.5) is 0 Å². The van der Waals surface area contributed by atoms with Crippen molar-refractivity contribution in [2.45, 2.75) is 19.8 Å². The van der Waals surface area contributed by atoms with Gasteiger partial charge in [-0.05, 0) is 30.2 Å². The molecule has 3 aromatic rings. The molecule has 0 unspecified atom stereocenters. The average Bonchev–Trinajstić information content (AvgIpc) is 2.71. The Hall–Kier alpha value is -1.43. The fourth-order valence-electron chi connectivity index (χ4n) is 3.59. The summed E-state index contributed by atoms with van der Waals surface area (Å²) in [7, 11) is -1.16. The zero-order valence-electron chi connectivity index (χ0n) is 15.5. The quantitative estimate of drug-likeness (QED) is 0.485. The number of hydrogen-bond acceptors (Lipinski definition) is 0. The van der Waals surface area contributed by atoms with E-state index in [2.05, 4.69) is 97.9 Å². The zero-order chi connectivity index (χ0) is 17.4. The highest BCUT2D eigenvalue weighted by Gasteiger charge is 2.37. The molecule has 3 rings (SSSR count). The predicted octanol–water partition coefficient (Wildman–Crippen LogP) is 2.84. The van der Waals surface area contributed by atoms with Gasteiger partial charge in [-0.3, -0.25) is 0 Å². The van der Waals surface area contributed by atoms with Crippen LogP contribution in [-0.4, -0.2) is 18.5 Å². The molecule has 0 radical (unpaired) electrons. The Morgan fingerprint density at radius 1 is 0.577 bits per heavy atom. The van der Waals surface area contributed by atoms with Crippen LogP contribution in [0.2, 0.25) is 0 Å². The molecule has 136 valence electrons. The van der Waals surface area contributed by atoms with Crippen molar-refractivity contribution in [3.8, 4) is 0 Å². The van der Waals surface area contributed by atoms with Crippen molar-refractivity contribution in [3.63, 3.8) is 0 Å². The van der Waals surface area contributed by atoms with Gasteiger partial charge >= 0.3 is 0 Å². The van der Waals surface area contributed by atoms with Crippen molar-refractivity contribution >= 4 is 12.6 Å². The first-order chi connectivity index (χ1) is 12.3. The summed E-state index contributed by atoms with van der Waals surface area (Å²) in [5.41, 5.74) is 2.94. The molecule has 0 bridgehead atoms. The first-order valence-corrected chi connectivity index (χ1v) is 11.7. The van der Waals surface area contributed by atoms with Crippen LogP contribution in [0.5, 0.6) is 0 Å². The summed E-state index contributed by atoms with van der Waals surface area (Å²) in [6.07, 6.45) is 6.28. The Kier molecular flexibility index (Phi) is 8.55. The van der Waals surface area contributed by atoms with E-state index in [0.29, 0.717) is 0 Å². The van der Waals surface area contributed by atoms with Gasteiger partial charge in [0.15, 0.2) is 0 Å². The third-order valence-electron chi connectivity index (χ3n) is 5.25. The number of aryl methyl sites for hydroxylation is 2. The second-order valence-electron chi connectivity index (χ2n) is 6.72. The fourth-order valence-corrected chi connectivity index (χ4v) is 7.50. The summed E-state index contributed by atoms with van der Waals surface area (Å²) in [6, 6.07) is 33.2. The zero-order valence-corrected chi connectivity index (χ0v) is 18.0. The molecule has 3 aromatic carbocycles. The van der Waals surface area contributed by atoms with E-state index in [4.69, 9.17) is 0 Å². The first kappa shape index (κ1) is 20.9. The predicted molar refractivity (Wildman–Crippen MR) is 114 cm³/mol. The molecular formula is C24H28BrP. The topological polar surface area (TPSA) is 0 Å². The lowest BCUT2D eigenvalue weighted by molar-refractivity contribution is -0.00000506. The summed E-state index contributed by atoms with van der Waals surface area (Å²) in [5.74, 6) is 0. The van der Waals surface area contributed by atoms with Crippen molar-refractivity contribution in [1.29, 1.82) is 0 Å². The maximum absolute atomic E-state index is 2.40. The second kappa shape index (κ2) is 10.7. The van der Waals surface area contributed by atoms with Crippen LogP contribution in [0.1, 0.15) is 18.1 Å². The summed E-state index contributed by atoms with van der Waals surface area (Å²) in [5, 5.41) is 1.60. The van der Waals surface area contributed by atoms with E-state index in [-0.39, 0.29) is 17.0 Å². The van der Waals surface area contributed by atoms with Crippen molar-refractivity contribution < 1.29 is 17.0 Å². The van der Waals surface area contributed by atoms with Crippen LogP contribution >= 0.6 is 7.26 Å². The van der Waals surface area contributed by atoms with E-state index in [9.17, 15) is 0 Å². The van der Waals surface area contributed by atoms with Crippen molar-refractivity contribution in [1.82, 2.24) is 0 Å². The van der Waals surface area contributed by atoms with Gasteiger partial charge in [0.1, 0.15) is 0 Å². The number of rotatable bonds is 8. The maximum Gasteiger partial charge on any atom is 0.0939 e. The third-order valence-corrected chi connectivity index (χ3v) is 10.0. The summed E-state index contributed by atoms with van der Waals surface area (Å²) in [6.45, 7) is 2.40. The SMILES string of the molecule is CC[P+](CCc1ccccc1)(CCc1ccccc1)c1ccccc1.[Br-]. The Morgan fingerprint density at radius 3 is 1.35 bits per heavy atom. The molecule has 0 spiro atoms. The van der Waals surface area contributed by atoms with E-state index in [1.807, 2.05) is 0 Å². The van der Waals surface area contributed by atoms with Gasteiger partial charge in [0.25, 0.3) is 0 Å². The Morgan fingerprint density at radius 2 is 0.962 bits per heavy atom. The Labute approximate surface area is 169 Å². The van der Waals surface area contributed by atoms with Gasteiger partial charge in [-0.15, -0.1) is 0 Å². The van der Waals surface area contributed by atoms with Crippen LogP contribution in [0.3, 0.4) is 0 Å². The van der Waals surface area contributed by atoms with Crippen LogP contribution < -0.4 is 22.3 Å².